The minimum Gasteiger partial charge on any atom is -0.508 e. The average Bonchev–Trinajstić information content (AvgIpc) is 2.70. The first kappa shape index (κ1) is 20.8. The molecule has 1 aliphatic rings. The van der Waals surface area contributed by atoms with E-state index in [2.05, 4.69) is 15.2 Å². The van der Waals surface area contributed by atoms with Gasteiger partial charge in [0.2, 0.25) is 0 Å². The number of phenols is 1. The fourth-order valence-electron chi connectivity index (χ4n) is 3.83. The largest absolute Gasteiger partial charge is 0.508 e. The number of nitrogens with one attached hydrogen (secondary N) is 1. The lowest BCUT2D eigenvalue weighted by Crippen LogP contribution is -2.29. The molecule has 30 heavy (non-hydrogen) atoms. The van der Waals surface area contributed by atoms with Crippen molar-refractivity contribution >= 4 is 33.9 Å². The third-order valence-corrected chi connectivity index (χ3v) is 5.58. The second kappa shape index (κ2) is 8.32. The fourth-order valence-corrected chi connectivity index (χ4v) is 4.00. The molecule has 3 aromatic rings. The van der Waals surface area contributed by atoms with Gasteiger partial charge in [0.25, 0.3) is 0 Å². The fraction of sp³-hybridized carbons (Fsp3) is 0.318. The molecule has 0 radical (unpaired) electrons. The first-order valence-corrected chi connectivity index (χ1v) is 10.2. The summed E-state index contributed by atoms with van der Waals surface area (Å²) in [7, 11) is 0. The van der Waals surface area contributed by atoms with Crippen LogP contribution in [-0.2, 0) is 12.7 Å². The van der Waals surface area contributed by atoms with Crippen LogP contribution in [0.2, 0.25) is 5.02 Å². The Bertz CT molecular complexity index is 1070. The van der Waals surface area contributed by atoms with Gasteiger partial charge in [0.05, 0.1) is 16.8 Å². The van der Waals surface area contributed by atoms with Gasteiger partial charge >= 0.3 is 6.18 Å². The predicted molar refractivity (Wildman–Crippen MR) is 112 cm³/mol. The molecule has 4 rings (SSSR count). The van der Waals surface area contributed by atoms with Crippen molar-refractivity contribution in [2.45, 2.75) is 32.0 Å². The van der Waals surface area contributed by atoms with Crippen molar-refractivity contribution in [3.63, 3.8) is 0 Å². The first-order valence-electron chi connectivity index (χ1n) is 9.78. The van der Waals surface area contributed by atoms with Crippen LogP contribution in [-0.4, -0.2) is 28.1 Å². The summed E-state index contributed by atoms with van der Waals surface area (Å²) in [5, 5.41) is 14.4. The van der Waals surface area contributed by atoms with Crippen LogP contribution in [0.25, 0.3) is 10.9 Å². The maximum atomic E-state index is 13.7. The Balaban J connectivity index is 1.74. The molecule has 0 amide bonds. The zero-order valence-electron chi connectivity index (χ0n) is 16.1. The minimum absolute atomic E-state index is 0.102. The number of aromatic nitrogens is 1. The van der Waals surface area contributed by atoms with E-state index in [0.717, 1.165) is 38.4 Å². The van der Waals surface area contributed by atoms with Gasteiger partial charge < -0.3 is 10.4 Å². The van der Waals surface area contributed by atoms with Crippen molar-refractivity contribution in [1.29, 1.82) is 0 Å². The van der Waals surface area contributed by atoms with E-state index in [1.54, 1.807) is 24.3 Å². The van der Waals surface area contributed by atoms with E-state index >= 15 is 0 Å². The summed E-state index contributed by atoms with van der Waals surface area (Å²) in [6, 6.07) is 8.87. The van der Waals surface area contributed by atoms with E-state index in [9.17, 15) is 18.3 Å². The Labute approximate surface area is 177 Å². The quantitative estimate of drug-likeness (QED) is 0.469. The van der Waals surface area contributed by atoms with Crippen molar-refractivity contribution in [2.75, 3.05) is 18.4 Å². The van der Waals surface area contributed by atoms with Crippen LogP contribution in [0.1, 0.15) is 30.4 Å². The summed E-state index contributed by atoms with van der Waals surface area (Å²) in [5.41, 5.74) is 0.509. The highest BCUT2D eigenvalue weighted by atomic mass is 35.5. The molecule has 0 bridgehead atoms. The number of piperidine rings is 1. The number of fused-ring (bicyclic) bond motifs is 1. The molecule has 0 saturated carbocycles. The molecule has 1 saturated heterocycles. The standard InChI is InChI=1S/C22H21ClF3N3O/c23-15-4-5-16-18(6-7-27-19(16)11-15)28-20-10-14(13-29-8-2-1-3-9-29)21(30)12-17(20)22(24,25)26/h4-7,10-12,30H,1-3,8-9,13H2,(H,27,28). The van der Waals surface area contributed by atoms with Gasteiger partial charge in [-0.25, -0.2) is 0 Å². The van der Waals surface area contributed by atoms with Gasteiger partial charge in [0.15, 0.2) is 0 Å². The Morgan fingerprint density at radius 1 is 1.03 bits per heavy atom. The van der Waals surface area contributed by atoms with E-state index in [1.807, 2.05) is 0 Å². The van der Waals surface area contributed by atoms with Crippen molar-refractivity contribution in [1.82, 2.24) is 9.88 Å². The number of phenolic OH excluding ortho intramolecular Hbond substituents is 1. The zero-order chi connectivity index (χ0) is 21.3. The van der Waals surface area contributed by atoms with Gasteiger partial charge in [0.1, 0.15) is 5.75 Å². The van der Waals surface area contributed by atoms with Crippen LogP contribution >= 0.6 is 11.6 Å². The Hall–Kier alpha value is -2.51. The number of benzene rings is 2. The Kier molecular flexibility index (Phi) is 5.75. The zero-order valence-corrected chi connectivity index (χ0v) is 16.9. The molecule has 1 fully saturated rings. The molecule has 2 N–H and O–H groups in total. The lowest BCUT2D eigenvalue weighted by Gasteiger charge is -2.27. The average molecular weight is 436 g/mol. The van der Waals surface area contributed by atoms with Gasteiger partial charge in [-0.3, -0.25) is 9.88 Å². The van der Waals surface area contributed by atoms with E-state index in [1.165, 1.54) is 12.3 Å². The number of anilines is 2. The molecule has 0 atom stereocenters. The molecule has 1 aromatic heterocycles. The van der Waals surface area contributed by atoms with E-state index in [0.29, 0.717) is 33.7 Å². The molecule has 2 aromatic carbocycles. The summed E-state index contributed by atoms with van der Waals surface area (Å²) >= 11 is 6.01. The summed E-state index contributed by atoms with van der Waals surface area (Å²) in [6.45, 7) is 2.16. The number of likely N-dealkylation sites (tertiary alicyclic amines) is 1. The van der Waals surface area contributed by atoms with Gasteiger partial charge in [-0.1, -0.05) is 18.0 Å². The van der Waals surface area contributed by atoms with Crippen LogP contribution in [0.5, 0.6) is 5.75 Å². The number of rotatable bonds is 4. The maximum Gasteiger partial charge on any atom is 0.418 e. The summed E-state index contributed by atoms with van der Waals surface area (Å²) in [6.07, 6.45) is 0.163. The summed E-state index contributed by atoms with van der Waals surface area (Å²) in [4.78, 5) is 6.38. The molecule has 4 nitrogen and oxygen atoms in total. The molecule has 158 valence electrons. The highest BCUT2D eigenvalue weighted by Gasteiger charge is 2.35. The maximum absolute atomic E-state index is 13.7. The number of hydrogen-bond donors (Lipinski definition) is 2. The number of aromatic hydroxyl groups is 1. The van der Waals surface area contributed by atoms with E-state index in [4.69, 9.17) is 11.6 Å². The van der Waals surface area contributed by atoms with Gasteiger partial charge in [-0.05, 0) is 62.3 Å². The van der Waals surface area contributed by atoms with Crippen LogP contribution in [0.3, 0.4) is 0 Å². The number of nitrogens with zero attached hydrogens (tertiary/aromatic N) is 2. The summed E-state index contributed by atoms with van der Waals surface area (Å²) in [5.74, 6) is -0.343. The number of pyridine rings is 1. The normalized spacial score (nSPS) is 15.5. The number of halogens is 4. The highest BCUT2D eigenvalue weighted by Crippen LogP contribution is 2.41. The van der Waals surface area contributed by atoms with Crippen LogP contribution in [0, 0.1) is 0 Å². The van der Waals surface area contributed by atoms with E-state index < -0.39 is 11.7 Å². The van der Waals surface area contributed by atoms with Gasteiger partial charge in [0, 0.05) is 34.4 Å². The Morgan fingerprint density at radius 3 is 2.53 bits per heavy atom. The SMILES string of the molecule is Oc1cc(C(F)(F)F)c(Nc2ccnc3cc(Cl)ccc23)cc1CN1CCCCC1. The van der Waals surface area contributed by atoms with Gasteiger partial charge in [-0.15, -0.1) is 0 Å². The molecule has 0 aliphatic carbocycles. The number of alkyl halides is 3. The van der Waals surface area contributed by atoms with Crippen LogP contribution in [0.15, 0.2) is 42.6 Å². The van der Waals surface area contributed by atoms with Crippen LogP contribution in [0.4, 0.5) is 24.5 Å². The van der Waals surface area contributed by atoms with E-state index in [-0.39, 0.29) is 11.4 Å². The topological polar surface area (TPSA) is 48.4 Å². The monoisotopic (exact) mass is 435 g/mol. The van der Waals surface area contributed by atoms with Crippen LogP contribution < -0.4 is 5.32 Å². The summed E-state index contributed by atoms with van der Waals surface area (Å²) < 4.78 is 41.1. The molecular formula is C22H21ClF3N3O. The second-order valence-corrected chi connectivity index (χ2v) is 7.94. The van der Waals surface area contributed by atoms with Crippen molar-refractivity contribution in [2.24, 2.45) is 0 Å². The van der Waals surface area contributed by atoms with Crippen molar-refractivity contribution < 1.29 is 18.3 Å². The molecule has 0 spiro atoms. The highest BCUT2D eigenvalue weighted by molar-refractivity contribution is 6.31. The molecule has 0 unspecified atom stereocenters. The molecule has 1 aliphatic heterocycles. The molecular weight excluding hydrogens is 415 g/mol. The van der Waals surface area contributed by atoms with Crippen molar-refractivity contribution in [3.05, 3.63) is 58.7 Å². The minimum atomic E-state index is -4.62. The lowest BCUT2D eigenvalue weighted by molar-refractivity contribution is -0.137. The smallest absolute Gasteiger partial charge is 0.418 e. The lowest BCUT2D eigenvalue weighted by atomic mass is 10.0. The third kappa shape index (κ3) is 4.47. The second-order valence-electron chi connectivity index (χ2n) is 7.51. The molecule has 2 heterocycles. The third-order valence-electron chi connectivity index (χ3n) is 5.34. The first-order chi connectivity index (χ1) is 14.3. The Morgan fingerprint density at radius 2 is 1.80 bits per heavy atom. The van der Waals surface area contributed by atoms with Gasteiger partial charge in [-0.2, -0.15) is 13.2 Å². The number of hydrogen-bond acceptors (Lipinski definition) is 4. The molecule has 8 heteroatoms. The van der Waals surface area contributed by atoms with Crippen molar-refractivity contribution in [3.8, 4) is 5.75 Å². The predicted octanol–water partition coefficient (Wildman–Crippen LogP) is 6.34.